The summed E-state index contributed by atoms with van der Waals surface area (Å²) in [5.41, 5.74) is 2.52. The Morgan fingerprint density at radius 2 is 1.61 bits per heavy atom. The molecule has 2 aromatic rings. The van der Waals surface area contributed by atoms with Gasteiger partial charge in [0.1, 0.15) is 0 Å². The van der Waals surface area contributed by atoms with E-state index in [-0.39, 0.29) is 0 Å². The van der Waals surface area contributed by atoms with Crippen LogP contribution in [0.3, 0.4) is 0 Å². The van der Waals surface area contributed by atoms with Gasteiger partial charge in [0.15, 0.2) is 0 Å². The van der Waals surface area contributed by atoms with Gasteiger partial charge < -0.3 is 4.90 Å². The molecule has 0 radical (unpaired) electrons. The Morgan fingerprint density at radius 3 is 2.28 bits per heavy atom. The molecule has 2 aromatic carbocycles. The fourth-order valence-electron chi connectivity index (χ4n) is 2.11. The molecule has 0 aromatic heterocycles. The average Bonchev–Trinajstić information content (AvgIpc) is 2.38. The Balaban J connectivity index is 2.61. The standard InChI is InChI=1S/C17H19N/c1-4-5-6-9-14-12-13-17(18(2)3)16-11-8-7-10-15(14)16/h4-13H,1-3H3. The summed E-state index contributed by atoms with van der Waals surface area (Å²) in [5, 5.41) is 2.59. The van der Waals surface area contributed by atoms with Gasteiger partial charge in [0, 0.05) is 25.2 Å². The number of rotatable bonds is 3. The molecule has 0 aliphatic heterocycles. The molecule has 0 bridgehead atoms. The third-order valence-corrected chi connectivity index (χ3v) is 3.00. The zero-order valence-corrected chi connectivity index (χ0v) is 11.2. The predicted octanol–water partition coefficient (Wildman–Crippen LogP) is 4.50. The molecule has 0 saturated carbocycles. The number of benzene rings is 2. The molecule has 0 amide bonds. The second kappa shape index (κ2) is 5.54. The lowest BCUT2D eigenvalue weighted by Crippen LogP contribution is -2.09. The lowest BCUT2D eigenvalue weighted by atomic mass is 10.0. The van der Waals surface area contributed by atoms with Gasteiger partial charge in [-0.05, 0) is 23.9 Å². The van der Waals surface area contributed by atoms with Gasteiger partial charge in [-0.15, -0.1) is 0 Å². The zero-order chi connectivity index (χ0) is 13.0. The Bertz CT molecular complexity index is 592. The van der Waals surface area contributed by atoms with Crippen LogP contribution in [-0.4, -0.2) is 14.1 Å². The van der Waals surface area contributed by atoms with E-state index < -0.39 is 0 Å². The maximum atomic E-state index is 2.18. The van der Waals surface area contributed by atoms with E-state index in [0.717, 1.165) is 0 Å². The largest absolute Gasteiger partial charge is 0.377 e. The number of fused-ring (bicyclic) bond motifs is 1. The van der Waals surface area contributed by atoms with Gasteiger partial charge in [0.2, 0.25) is 0 Å². The quantitative estimate of drug-likeness (QED) is 0.711. The van der Waals surface area contributed by atoms with Gasteiger partial charge in [0.25, 0.3) is 0 Å². The Hall–Kier alpha value is -2.02. The number of nitrogens with zero attached hydrogens (tertiary/aromatic N) is 1. The van der Waals surface area contributed by atoms with Crippen LogP contribution in [0.2, 0.25) is 0 Å². The van der Waals surface area contributed by atoms with Crippen molar-refractivity contribution in [3.63, 3.8) is 0 Å². The summed E-state index contributed by atoms with van der Waals surface area (Å²) in [6, 6.07) is 12.9. The average molecular weight is 237 g/mol. The summed E-state index contributed by atoms with van der Waals surface area (Å²) in [6.45, 7) is 2.03. The maximum absolute atomic E-state index is 2.18. The maximum Gasteiger partial charge on any atom is 0.0441 e. The number of hydrogen-bond acceptors (Lipinski definition) is 1. The molecule has 0 heterocycles. The molecule has 92 valence electrons. The zero-order valence-electron chi connectivity index (χ0n) is 11.2. The molecule has 0 N–H and O–H groups in total. The lowest BCUT2D eigenvalue weighted by Gasteiger charge is -2.16. The minimum absolute atomic E-state index is 1.26. The Kier molecular flexibility index (Phi) is 3.83. The van der Waals surface area contributed by atoms with E-state index in [0.29, 0.717) is 0 Å². The first-order chi connectivity index (χ1) is 8.74. The van der Waals surface area contributed by atoms with Crippen LogP contribution in [0.1, 0.15) is 12.5 Å². The number of allylic oxidation sites excluding steroid dienone is 3. The van der Waals surface area contributed by atoms with Crippen molar-refractivity contribution in [1.82, 2.24) is 0 Å². The third-order valence-electron chi connectivity index (χ3n) is 3.00. The van der Waals surface area contributed by atoms with Crippen LogP contribution in [0.25, 0.3) is 16.8 Å². The van der Waals surface area contributed by atoms with Crippen molar-refractivity contribution in [3.05, 3.63) is 60.2 Å². The van der Waals surface area contributed by atoms with Gasteiger partial charge in [-0.2, -0.15) is 0 Å². The highest BCUT2D eigenvalue weighted by atomic mass is 15.1. The number of hydrogen-bond donors (Lipinski definition) is 0. The highest BCUT2D eigenvalue weighted by Crippen LogP contribution is 2.29. The molecular formula is C17H19N. The molecule has 18 heavy (non-hydrogen) atoms. The van der Waals surface area contributed by atoms with Crippen molar-refractivity contribution < 1.29 is 0 Å². The van der Waals surface area contributed by atoms with Gasteiger partial charge in [-0.3, -0.25) is 0 Å². The monoisotopic (exact) mass is 237 g/mol. The minimum Gasteiger partial charge on any atom is -0.377 e. The van der Waals surface area contributed by atoms with Gasteiger partial charge >= 0.3 is 0 Å². The van der Waals surface area contributed by atoms with E-state index >= 15 is 0 Å². The highest BCUT2D eigenvalue weighted by Gasteiger charge is 2.04. The summed E-state index contributed by atoms with van der Waals surface area (Å²) >= 11 is 0. The fourth-order valence-corrected chi connectivity index (χ4v) is 2.11. The van der Waals surface area contributed by atoms with E-state index in [9.17, 15) is 0 Å². The molecule has 0 spiro atoms. The fraction of sp³-hybridized carbons (Fsp3) is 0.176. The summed E-state index contributed by atoms with van der Waals surface area (Å²) in [5.74, 6) is 0. The highest BCUT2D eigenvalue weighted by molar-refractivity contribution is 5.99. The first kappa shape index (κ1) is 12.4. The molecule has 0 aliphatic carbocycles. The molecule has 0 unspecified atom stereocenters. The Labute approximate surface area is 109 Å². The van der Waals surface area contributed by atoms with E-state index in [2.05, 4.69) is 73.6 Å². The Morgan fingerprint density at radius 1 is 0.889 bits per heavy atom. The van der Waals surface area contributed by atoms with Crippen molar-refractivity contribution in [3.8, 4) is 0 Å². The topological polar surface area (TPSA) is 3.24 Å². The van der Waals surface area contributed by atoms with Crippen molar-refractivity contribution in [2.75, 3.05) is 19.0 Å². The second-order valence-electron chi connectivity index (χ2n) is 4.50. The summed E-state index contributed by atoms with van der Waals surface area (Å²) in [7, 11) is 4.16. The lowest BCUT2D eigenvalue weighted by molar-refractivity contribution is 1.14. The van der Waals surface area contributed by atoms with E-state index in [1.807, 2.05) is 13.0 Å². The van der Waals surface area contributed by atoms with Crippen molar-refractivity contribution in [2.45, 2.75) is 6.92 Å². The van der Waals surface area contributed by atoms with Gasteiger partial charge in [-0.25, -0.2) is 0 Å². The van der Waals surface area contributed by atoms with Crippen LogP contribution >= 0.6 is 0 Å². The second-order valence-corrected chi connectivity index (χ2v) is 4.50. The molecule has 0 aliphatic rings. The molecule has 0 saturated heterocycles. The SMILES string of the molecule is CC=CC=Cc1ccc(N(C)C)c2ccccc12. The summed E-state index contributed by atoms with van der Waals surface area (Å²) in [6.07, 6.45) is 8.32. The van der Waals surface area contributed by atoms with Crippen LogP contribution in [0, 0.1) is 0 Å². The van der Waals surface area contributed by atoms with Crippen molar-refractivity contribution >= 4 is 22.5 Å². The summed E-state index contributed by atoms with van der Waals surface area (Å²) in [4.78, 5) is 2.15. The third kappa shape index (κ3) is 2.45. The first-order valence-electron chi connectivity index (χ1n) is 6.22. The smallest absolute Gasteiger partial charge is 0.0441 e. The summed E-state index contributed by atoms with van der Waals surface area (Å²) < 4.78 is 0. The van der Waals surface area contributed by atoms with Crippen LogP contribution in [0.4, 0.5) is 5.69 Å². The van der Waals surface area contributed by atoms with Gasteiger partial charge in [0.05, 0.1) is 0 Å². The molecule has 0 atom stereocenters. The van der Waals surface area contributed by atoms with Crippen molar-refractivity contribution in [2.24, 2.45) is 0 Å². The molecular weight excluding hydrogens is 218 g/mol. The van der Waals surface area contributed by atoms with E-state index in [1.54, 1.807) is 0 Å². The normalized spacial score (nSPS) is 11.7. The molecule has 1 heteroatoms. The van der Waals surface area contributed by atoms with Crippen molar-refractivity contribution in [1.29, 1.82) is 0 Å². The van der Waals surface area contributed by atoms with Crippen LogP contribution in [-0.2, 0) is 0 Å². The minimum atomic E-state index is 1.26. The predicted molar refractivity (Wildman–Crippen MR) is 82.1 cm³/mol. The molecule has 0 fully saturated rings. The van der Waals surface area contributed by atoms with Crippen LogP contribution in [0.5, 0.6) is 0 Å². The van der Waals surface area contributed by atoms with Crippen LogP contribution < -0.4 is 4.90 Å². The van der Waals surface area contributed by atoms with Crippen LogP contribution in [0.15, 0.2) is 54.6 Å². The van der Waals surface area contributed by atoms with E-state index in [4.69, 9.17) is 0 Å². The first-order valence-corrected chi connectivity index (χ1v) is 6.22. The molecule has 1 nitrogen and oxygen atoms in total. The number of anilines is 1. The molecule has 2 rings (SSSR count). The van der Waals surface area contributed by atoms with Gasteiger partial charge in [-0.1, -0.05) is 54.6 Å². The van der Waals surface area contributed by atoms with E-state index in [1.165, 1.54) is 22.0 Å².